The number of carboxylic acids is 1. The SMILES string of the molecule is O=C([O-])CCNS(=O)(=O)c1ccc(F)c(Cl)c1. The van der Waals surface area contributed by atoms with Crippen molar-refractivity contribution in [2.45, 2.75) is 11.3 Å². The van der Waals surface area contributed by atoms with Crippen molar-refractivity contribution in [2.75, 3.05) is 6.54 Å². The summed E-state index contributed by atoms with van der Waals surface area (Å²) < 4.78 is 38.0. The van der Waals surface area contributed by atoms with E-state index in [1.807, 2.05) is 4.72 Å². The Labute approximate surface area is 102 Å². The maximum absolute atomic E-state index is 12.8. The van der Waals surface area contributed by atoms with Gasteiger partial charge in [0.15, 0.2) is 0 Å². The van der Waals surface area contributed by atoms with E-state index >= 15 is 0 Å². The van der Waals surface area contributed by atoms with Crippen molar-refractivity contribution >= 4 is 27.6 Å². The number of aliphatic carboxylic acids is 1. The first-order chi connectivity index (χ1) is 7.83. The lowest BCUT2D eigenvalue weighted by molar-refractivity contribution is -0.305. The number of hydrogen-bond donors (Lipinski definition) is 1. The van der Waals surface area contributed by atoms with Crippen molar-refractivity contribution in [3.05, 3.63) is 29.0 Å². The molecule has 1 aromatic rings. The minimum absolute atomic E-state index is 0.234. The zero-order valence-corrected chi connectivity index (χ0v) is 10.0. The van der Waals surface area contributed by atoms with E-state index in [9.17, 15) is 22.7 Å². The lowest BCUT2D eigenvalue weighted by atomic mass is 10.3. The number of sulfonamides is 1. The Kier molecular flexibility index (Phi) is 4.44. The van der Waals surface area contributed by atoms with E-state index in [4.69, 9.17) is 11.6 Å². The molecule has 0 amide bonds. The highest BCUT2D eigenvalue weighted by Gasteiger charge is 2.14. The number of hydrogen-bond acceptors (Lipinski definition) is 4. The molecule has 0 saturated carbocycles. The molecule has 0 heterocycles. The summed E-state index contributed by atoms with van der Waals surface area (Å²) >= 11 is 5.43. The smallest absolute Gasteiger partial charge is 0.240 e. The number of benzene rings is 1. The average Bonchev–Trinajstić information content (AvgIpc) is 2.21. The molecule has 0 saturated heterocycles. The maximum Gasteiger partial charge on any atom is 0.240 e. The number of nitrogens with one attached hydrogen (secondary N) is 1. The zero-order valence-electron chi connectivity index (χ0n) is 8.44. The molecule has 94 valence electrons. The lowest BCUT2D eigenvalue weighted by Crippen LogP contribution is -2.31. The van der Waals surface area contributed by atoms with Crippen molar-refractivity contribution in [3.63, 3.8) is 0 Å². The van der Waals surface area contributed by atoms with Gasteiger partial charge in [0.05, 0.1) is 9.92 Å². The largest absolute Gasteiger partial charge is 0.550 e. The molecular formula is C9H8ClFNO4S-. The van der Waals surface area contributed by atoms with Crippen LogP contribution in [-0.2, 0) is 14.8 Å². The molecule has 0 aliphatic rings. The van der Waals surface area contributed by atoms with Gasteiger partial charge in [0.1, 0.15) is 5.82 Å². The van der Waals surface area contributed by atoms with Gasteiger partial charge in [0.2, 0.25) is 10.0 Å². The molecule has 0 aromatic heterocycles. The quantitative estimate of drug-likeness (QED) is 0.816. The van der Waals surface area contributed by atoms with E-state index in [-0.39, 0.29) is 16.5 Å². The molecule has 17 heavy (non-hydrogen) atoms. The van der Waals surface area contributed by atoms with Crippen molar-refractivity contribution in [3.8, 4) is 0 Å². The van der Waals surface area contributed by atoms with E-state index in [1.165, 1.54) is 0 Å². The molecule has 0 bridgehead atoms. The molecule has 0 atom stereocenters. The Morgan fingerprint density at radius 1 is 1.47 bits per heavy atom. The molecule has 1 aromatic carbocycles. The van der Waals surface area contributed by atoms with Crippen LogP contribution in [0, 0.1) is 5.82 Å². The molecule has 5 nitrogen and oxygen atoms in total. The van der Waals surface area contributed by atoms with E-state index in [0.717, 1.165) is 18.2 Å². The van der Waals surface area contributed by atoms with Crippen LogP contribution < -0.4 is 9.83 Å². The van der Waals surface area contributed by atoms with Crippen molar-refractivity contribution in [2.24, 2.45) is 0 Å². The van der Waals surface area contributed by atoms with Gasteiger partial charge in [-0.25, -0.2) is 17.5 Å². The average molecular weight is 281 g/mol. The summed E-state index contributed by atoms with van der Waals surface area (Å²) in [5.74, 6) is -2.11. The second kappa shape index (κ2) is 5.44. The molecule has 1 rings (SSSR count). The van der Waals surface area contributed by atoms with E-state index in [1.54, 1.807) is 0 Å². The Hall–Kier alpha value is -1.18. The summed E-state index contributed by atoms with van der Waals surface area (Å²) in [6, 6.07) is 2.89. The van der Waals surface area contributed by atoms with Crippen LogP contribution in [0.25, 0.3) is 0 Å². The topological polar surface area (TPSA) is 86.3 Å². The molecule has 1 N–H and O–H groups in total. The van der Waals surface area contributed by atoms with Gasteiger partial charge in [-0.2, -0.15) is 0 Å². The Morgan fingerprint density at radius 3 is 2.65 bits per heavy atom. The van der Waals surface area contributed by atoms with Crippen LogP contribution in [0.1, 0.15) is 6.42 Å². The van der Waals surface area contributed by atoms with Gasteiger partial charge in [-0.1, -0.05) is 11.6 Å². The lowest BCUT2D eigenvalue weighted by Gasteiger charge is -2.07. The van der Waals surface area contributed by atoms with Gasteiger partial charge in [-0.3, -0.25) is 0 Å². The van der Waals surface area contributed by atoms with Crippen LogP contribution >= 0.6 is 11.6 Å². The molecule has 0 unspecified atom stereocenters. The first-order valence-electron chi connectivity index (χ1n) is 4.47. The van der Waals surface area contributed by atoms with Crippen molar-refractivity contribution < 1.29 is 22.7 Å². The predicted molar refractivity (Wildman–Crippen MR) is 56.2 cm³/mol. The van der Waals surface area contributed by atoms with E-state index in [2.05, 4.69) is 0 Å². The summed E-state index contributed by atoms with van der Waals surface area (Å²) in [4.78, 5) is 9.87. The number of carboxylic acid groups (broad SMARTS) is 1. The zero-order chi connectivity index (χ0) is 13.1. The summed E-state index contributed by atoms with van der Waals surface area (Å²) in [5.41, 5.74) is 0. The second-order valence-electron chi connectivity index (χ2n) is 3.10. The fourth-order valence-corrected chi connectivity index (χ4v) is 2.32. The van der Waals surface area contributed by atoms with Gasteiger partial charge in [0.25, 0.3) is 0 Å². The second-order valence-corrected chi connectivity index (χ2v) is 5.27. The molecule has 8 heteroatoms. The summed E-state index contributed by atoms with van der Waals surface area (Å²) in [5, 5.41) is 9.78. The Bertz CT molecular complexity index is 532. The van der Waals surface area contributed by atoms with Crippen molar-refractivity contribution in [1.29, 1.82) is 0 Å². The summed E-state index contributed by atoms with van der Waals surface area (Å²) in [7, 11) is -3.89. The highest BCUT2D eigenvalue weighted by atomic mass is 35.5. The van der Waals surface area contributed by atoms with Gasteiger partial charge in [-0.15, -0.1) is 0 Å². The number of halogens is 2. The Morgan fingerprint density at radius 2 is 2.12 bits per heavy atom. The number of rotatable bonds is 5. The Balaban J connectivity index is 2.82. The van der Waals surface area contributed by atoms with Crippen LogP contribution in [-0.4, -0.2) is 20.9 Å². The van der Waals surface area contributed by atoms with Crippen LogP contribution in [0.2, 0.25) is 5.02 Å². The first kappa shape index (κ1) is 13.9. The molecule has 0 fully saturated rings. The highest BCUT2D eigenvalue weighted by molar-refractivity contribution is 7.89. The summed E-state index contributed by atoms with van der Waals surface area (Å²) in [6.45, 7) is -0.306. The monoisotopic (exact) mass is 280 g/mol. The van der Waals surface area contributed by atoms with Gasteiger partial charge < -0.3 is 9.90 Å². The van der Waals surface area contributed by atoms with Crippen LogP contribution in [0.4, 0.5) is 4.39 Å². The molecule has 0 spiro atoms. The normalized spacial score (nSPS) is 11.4. The molecule has 0 aliphatic heterocycles. The third kappa shape index (κ3) is 3.95. The fourth-order valence-electron chi connectivity index (χ4n) is 1.01. The molecule has 0 aliphatic carbocycles. The van der Waals surface area contributed by atoms with Gasteiger partial charge in [0, 0.05) is 18.9 Å². The summed E-state index contributed by atoms with van der Waals surface area (Å²) in [6.07, 6.45) is -0.450. The molecule has 0 radical (unpaired) electrons. The van der Waals surface area contributed by atoms with E-state index in [0.29, 0.717) is 0 Å². The molecular weight excluding hydrogens is 273 g/mol. The minimum Gasteiger partial charge on any atom is -0.550 e. The third-order valence-electron chi connectivity index (χ3n) is 1.82. The predicted octanol–water partition coefficient (Wildman–Crippen LogP) is -0.103. The van der Waals surface area contributed by atoms with Crippen LogP contribution in [0.15, 0.2) is 23.1 Å². The van der Waals surface area contributed by atoms with Gasteiger partial charge >= 0.3 is 0 Å². The number of carbonyl (C=O) groups excluding carboxylic acids is 1. The maximum atomic E-state index is 12.8. The van der Waals surface area contributed by atoms with Crippen LogP contribution in [0.3, 0.4) is 0 Å². The first-order valence-corrected chi connectivity index (χ1v) is 6.33. The van der Waals surface area contributed by atoms with Crippen molar-refractivity contribution in [1.82, 2.24) is 4.72 Å². The fraction of sp³-hybridized carbons (Fsp3) is 0.222. The number of carbonyl (C=O) groups is 1. The third-order valence-corrected chi connectivity index (χ3v) is 3.57. The highest BCUT2D eigenvalue weighted by Crippen LogP contribution is 2.19. The minimum atomic E-state index is -3.89. The van der Waals surface area contributed by atoms with Gasteiger partial charge in [-0.05, 0) is 18.2 Å². The standard InChI is InChI=1S/C9H9ClFNO4S/c10-7-5-6(1-2-8(7)11)17(15,16)12-4-3-9(13)14/h1-2,5,12H,3-4H2,(H,13,14)/p-1. The van der Waals surface area contributed by atoms with E-state index < -0.39 is 28.2 Å². The van der Waals surface area contributed by atoms with Crippen LogP contribution in [0.5, 0.6) is 0 Å².